The van der Waals surface area contributed by atoms with Crippen LogP contribution in [0, 0.1) is 10.1 Å². The number of aromatic nitrogens is 1. The summed E-state index contributed by atoms with van der Waals surface area (Å²) in [5, 5.41) is 11.6. The molecule has 1 aromatic heterocycles. The van der Waals surface area contributed by atoms with Crippen LogP contribution < -0.4 is 9.64 Å². The van der Waals surface area contributed by atoms with Gasteiger partial charge < -0.3 is 9.47 Å². The van der Waals surface area contributed by atoms with E-state index in [0.717, 1.165) is 0 Å². The predicted molar refractivity (Wildman–Crippen MR) is 123 cm³/mol. The number of ether oxygens (including phenoxy) is 2. The minimum absolute atomic E-state index is 0.000703. The van der Waals surface area contributed by atoms with Crippen molar-refractivity contribution in [3.05, 3.63) is 67.9 Å². The third-order valence-electron chi connectivity index (χ3n) is 3.47. The molecule has 0 saturated carbocycles. The first-order chi connectivity index (χ1) is 14.4. The van der Waals surface area contributed by atoms with Crippen molar-refractivity contribution in [2.24, 2.45) is 0 Å². The second-order valence-electron chi connectivity index (χ2n) is 5.39. The Morgan fingerprint density at radius 2 is 2.03 bits per heavy atom. The molecule has 0 aliphatic heterocycles. The number of rotatable bonds is 8. The monoisotopic (exact) mass is 543 g/mol. The highest BCUT2D eigenvalue weighted by molar-refractivity contribution is 9.11. The van der Waals surface area contributed by atoms with Gasteiger partial charge in [-0.1, -0.05) is 38.6 Å². The molecule has 8 nitrogen and oxygen atoms in total. The van der Waals surface area contributed by atoms with Crippen LogP contribution in [0.2, 0.25) is 0 Å². The number of carbonyl (C=O) groups is 1. The zero-order chi connectivity index (χ0) is 22.7. The van der Waals surface area contributed by atoms with E-state index in [9.17, 15) is 14.9 Å². The van der Waals surface area contributed by atoms with Crippen molar-refractivity contribution in [2.45, 2.75) is 27.3 Å². The molecule has 2 aromatic rings. The van der Waals surface area contributed by atoms with Crippen molar-refractivity contribution in [3.8, 4) is 5.75 Å². The zero-order valence-electron chi connectivity index (χ0n) is 16.9. The topological polar surface area (TPSA) is 94.8 Å². The van der Waals surface area contributed by atoms with Gasteiger partial charge in [-0.2, -0.15) is 0 Å². The lowest BCUT2D eigenvalue weighted by atomic mass is 10.2. The maximum atomic E-state index is 12.6. The number of anilines is 1. The average Bonchev–Trinajstić information content (AvgIpc) is 2.71. The third kappa shape index (κ3) is 7.10. The van der Waals surface area contributed by atoms with Gasteiger partial charge in [-0.3, -0.25) is 15.0 Å². The van der Waals surface area contributed by atoms with Crippen molar-refractivity contribution in [3.63, 3.8) is 0 Å². The van der Waals surface area contributed by atoms with Gasteiger partial charge >= 0.3 is 11.8 Å². The highest BCUT2D eigenvalue weighted by Gasteiger charge is 2.30. The Morgan fingerprint density at radius 1 is 1.33 bits per heavy atom. The van der Waals surface area contributed by atoms with Crippen molar-refractivity contribution < 1.29 is 19.2 Å². The number of hydrogen-bond donors (Lipinski definition) is 0. The van der Waals surface area contributed by atoms with Gasteiger partial charge in [0.1, 0.15) is 22.6 Å². The van der Waals surface area contributed by atoms with Gasteiger partial charge in [0.25, 0.3) is 0 Å². The van der Waals surface area contributed by atoms with Crippen LogP contribution in [0.15, 0.2) is 52.2 Å². The molecule has 2 rings (SSSR count). The van der Waals surface area contributed by atoms with E-state index in [0.29, 0.717) is 22.5 Å². The first-order valence-electron chi connectivity index (χ1n) is 9.14. The lowest BCUT2D eigenvalue weighted by Crippen LogP contribution is -2.32. The van der Waals surface area contributed by atoms with E-state index >= 15 is 0 Å². The minimum Gasteiger partial charge on any atom is -0.490 e. The molecule has 30 heavy (non-hydrogen) atoms. The molecule has 0 radical (unpaired) electrons. The van der Waals surface area contributed by atoms with E-state index in [2.05, 4.69) is 43.4 Å². The summed E-state index contributed by atoms with van der Waals surface area (Å²) < 4.78 is 10.9. The van der Waals surface area contributed by atoms with Crippen molar-refractivity contribution in [2.75, 3.05) is 18.1 Å². The fourth-order valence-corrected chi connectivity index (χ4v) is 3.53. The summed E-state index contributed by atoms with van der Waals surface area (Å²) >= 11 is 6.30. The highest BCUT2D eigenvalue weighted by Crippen LogP contribution is 2.37. The number of nitrogens with zero attached hydrogens (tertiary/aromatic N) is 3. The predicted octanol–water partition coefficient (Wildman–Crippen LogP) is 6.27. The zero-order valence-corrected chi connectivity index (χ0v) is 20.1. The van der Waals surface area contributed by atoms with Crippen molar-refractivity contribution >= 4 is 49.3 Å². The molecule has 162 valence electrons. The van der Waals surface area contributed by atoms with Gasteiger partial charge in [0.2, 0.25) is 0 Å². The molecule has 0 bridgehead atoms. The number of amides is 1. The lowest BCUT2D eigenvalue weighted by molar-refractivity contribution is -0.385. The second-order valence-corrected chi connectivity index (χ2v) is 6.96. The molecule has 1 heterocycles. The standard InChI is InChI=1S/C18H17Br2N3O5.C2H6/c1-3-8-28-13-7-5-6-12(9-13)11-22(18(24)27-4-2)14-10-15(19)21-17(20)16(14)23(25)26;1-2/h3,5-7,9-10H,1,4,8,11H2,2H3;1-2H3. The maximum Gasteiger partial charge on any atom is 0.414 e. The highest BCUT2D eigenvalue weighted by atomic mass is 79.9. The Morgan fingerprint density at radius 3 is 2.63 bits per heavy atom. The van der Waals surface area contributed by atoms with Gasteiger partial charge in [-0.25, -0.2) is 9.78 Å². The lowest BCUT2D eigenvalue weighted by Gasteiger charge is -2.22. The van der Waals surface area contributed by atoms with Crippen molar-refractivity contribution in [1.82, 2.24) is 4.98 Å². The Bertz CT molecular complexity index is 893. The number of pyridine rings is 1. The summed E-state index contributed by atoms with van der Waals surface area (Å²) in [5.41, 5.74) is 0.415. The van der Waals surface area contributed by atoms with Crippen LogP contribution >= 0.6 is 31.9 Å². The van der Waals surface area contributed by atoms with E-state index in [1.54, 1.807) is 37.3 Å². The van der Waals surface area contributed by atoms with Crippen LogP contribution in [0.3, 0.4) is 0 Å². The molecule has 1 amide bonds. The summed E-state index contributed by atoms with van der Waals surface area (Å²) in [6.07, 6.45) is 0.903. The average molecular weight is 545 g/mol. The molecule has 0 atom stereocenters. The molecule has 0 unspecified atom stereocenters. The molecule has 0 saturated heterocycles. The van der Waals surface area contributed by atoms with Crippen LogP contribution in [0.25, 0.3) is 0 Å². The van der Waals surface area contributed by atoms with Crippen molar-refractivity contribution in [1.29, 1.82) is 0 Å². The second kappa shape index (κ2) is 13.0. The normalized spacial score (nSPS) is 9.77. The van der Waals surface area contributed by atoms with Gasteiger partial charge in [0.15, 0.2) is 4.60 Å². The summed E-state index contributed by atoms with van der Waals surface area (Å²) in [6.45, 7) is 9.75. The Labute approximate surface area is 192 Å². The number of nitro groups is 1. The summed E-state index contributed by atoms with van der Waals surface area (Å²) in [5.74, 6) is 0.591. The molecule has 0 N–H and O–H groups in total. The first-order valence-corrected chi connectivity index (χ1v) is 10.7. The van der Waals surface area contributed by atoms with Gasteiger partial charge in [0.05, 0.1) is 18.1 Å². The molecule has 0 aliphatic carbocycles. The molecule has 10 heteroatoms. The Kier molecular flexibility index (Phi) is 11.1. The van der Waals surface area contributed by atoms with E-state index in [1.165, 1.54) is 11.0 Å². The minimum atomic E-state index is -0.715. The summed E-state index contributed by atoms with van der Waals surface area (Å²) in [7, 11) is 0. The smallest absolute Gasteiger partial charge is 0.414 e. The SMILES string of the molecule is C=CCOc1cccc(CN(C(=O)OCC)c2cc(Br)nc(Br)c2[N+](=O)[O-])c1.CC. The third-order valence-corrected chi connectivity index (χ3v) is 4.43. The quantitative estimate of drug-likeness (QED) is 0.168. The molecular weight excluding hydrogens is 522 g/mol. The van der Waals surface area contributed by atoms with Gasteiger partial charge in [0, 0.05) is 6.07 Å². The largest absolute Gasteiger partial charge is 0.490 e. The Hall–Kier alpha value is -2.46. The summed E-state index contributed by atoms with van der Waals surface area (Å²) in [6, 6.07) is 8.46. The van der Waals surface area contributed by atoms with Crippen LogP contribution in [0.4, 0.5) is 16.2 Å². The van der Waals surface area contributed by atoms with E-state index in [4.69, 9.17) is 9.47 Å². The fourth-order valence-electron chi connectivity index (χ4n) is 2.36. The van der Waals surface area contributed by atoms with Gasteiger partial charge in [-0.15, -0.1) is 0 Å². The van der Waals surface area contributed by atoms with E-state index < -0.39 is 11.0 Å². The molecule has 1 aromatic carbocycles. The molecule has 0 spiro atoms. The maximum absolute atomic E-state index is 12.6. The number of halogens is 2. The fraction of sp³-hybridized carbons (Fsp3) is 0.300. The van der Waals surface area contributed by atoms with Crippen LogP contribution in [0.5, 0.6) is 5.75 Å². The molecule has 0 fully saturated rings. The number of benzene rings is 1. The van der Waals surface area contributed by atoms with Crippen LogP contribution in [-0.4, -0.2) is 29.2 Å². The number of hydrogen-bond acceptors (Lipinski definition) is 6. The Balaban J connectivity index is 0.00000218. The molecular formula is C20H23Br2N3O5. The van der Waals surface area contributed by atoms with Crippen LogP contribution in [0.1, 0.15) is 26.3 Å². The number of carbonyl (C=O) groups excluding carboxylic acids is 1. The summed E-state index contributed by atoms with van der Waals surface area (Å²) in [4.78, 5) is 28.7. The first kappa shape index (κ1) is 25.6. The molecule has 0 aliphatic rings. The van der Waals surface area contributed by atoms with Gasteiger partial charge in [-0.05, 0) is 56.5 Å². The van der Waals surface area contributed by atoms with E-state index in [-0.39, 0.29) is 29.1 Å². The van der Waals surface area contributed by atoms with Crippen LogP contribution in [-0.2, 0) is 11.3 Å². The van der Waals surface area contributed by atoms with E-state index in [1.807, 2.05) is 13.8 Å².